The van der Waals surface area contributed by atoms with Gasteiger partial charge in [-0.3, -0.25) is 9.78 Å². The third-order valence-corrected chi connectivity index (χ3v) is 7.02. The van der Waals surface area contributed by atoms with Crippen molar-refractivity contribution in [3.05, 3.63) is 64.0 Å². The SMILES string of the molecule is O=c1ccc2ccc(F)c3c2n1CC3CN1CC[C@H](CNCc2cc3c(cn2)OCCO3)C1. The molecular formula is C25H27FN4O3. The fourth-order valence-corrected chi connectivity index (χ4v) is 5.47. The molecule has 1 aromatic carbocycles. The summed E-state index contributed by atoms with van der Waals surface area (Å²) in [6, 6.07) is 8.62. The number of halogens is 1. The van der Waals surface area contributed by atoms with Crippen molar-refractivity contribution in [2.45, 2.75) is 25.4 Å². The van der Waals surface area contributed by atoms with Crippen LogP contribution in [0.15, 0.2) is 41.3 Å². The summed E-state index contributed by atoms with van der Waals surface area (Å²) in [7, 11) is 0. The maximum Gasteiger partial charge on any atom is 0.251 e. The molecule has 2 aromatic heterocycles. The van der Waals surface area contributed by atoms with E-state index in [1.807, 2.05) is 6.07 Å². The maximum atomic E-state index is 14.8. The average molecular weight is 451 g/mol. The van der Waals surface area contributed by atoms with E-state index in [0.717, 1.165) is 54.9 Å². The van der Waals surface area contributed by atoms with Crippen molar-refractivity contribution in [3.63, 3.8) is 0 Å². The molecule has 1 N–H and O–H groups in total. The molecule has 0 bridgehead atoms. The molecule has 0 spiro atoms. The molecule has 3 aliphatic rings. The number of hydrogen-bond donors (Lipinski definition) is 1. The van der Waals surface area contributed by atoms with Crippen molar-refractivity contribution in [2.24, 2.45) is 5.92 Å². The standard InChI is InChI=1S/C25H27FN4O3/c26-20-3-1-17-2-4-23(31)30-15-18(24(20)25(17)30)14-29-6-5-16(13-29)10-27-11-19-9-21-22(12-28-19)33-8-7-32-21/h1-4,9,12,16,18,27H,5-8,10-11,13-15H2/t16-,18?/m1/s1. The Labute approximate surface area is 191 Å². The van der Waals surface area contributed by atoms with E-state index < -0.39 is 0 Å². The van der Waals surface area contributed by atoms with Gasteiger partial charge in [-0.05, 0) is 49.0 Å². The van der Waals surface area contributed by atoms with E-state index in [1.165, 1.54) is 6.07 Å². The number of hydrogen-bond acceptors (Lipinski definition) is 6. The zero-order chi connectivity index (χ0) is 22.4. The molecule has 7 nitrogen and oxygen atoms in total. The molecular weight excluding hydrogens is 423 g/mol. The summed E-state index contributed by atoms with van der Waals surface area (Å²) >= 11 is 0. The molecule has 1 saturated heterocycles. The summed E-state index contributed by atoms with van der Waals surface area (Å²) in [4.78, 5) is 19.2. The van der Waals surface area contributed by atoms with E-state index in [0.29, 0.717) is 43.5 Å². The molecule has 3 aliphatic heterocycles. The topological polar surface area (TPSA) is 68.6 Å². The van der Waals surface area contributed by atoms with Crippen molar-refractivity contribution in [2.75, 3.05) is 39.4 Å². The van der Waals surface area contributed by atoms with Crippen LogP contribution in [0.5, 0.6) is 11.5 Å². The number of fused-ring (bicyclic) bond motifs is 1. The molecule has 0 radical (unpaired) electrons. The van der Waals surface area contributed by atoms with E-state index in [2.05, 4.69) is 15.2 Å². The molecule has 2 atom stereocenters. The summed E-state index contributed by atoms with van der Waals surface area (Å²) in [6.07, 6.45) is 2.83. The van der Waals surface area contributed by atoms with Crippen LogP contribution in [0.25, 0.3) is 10.9 Å². The van der Waals surface area contributed by atoms with Gasteiger partial charge in [-0.2, -0.15) is 0 Å². The molecule has 172 valence electrons. The van der Waals surface area contributed by atoms with Gasteiger partial charge in [0.15, 0.2) is 11.5 Å². The monoisotopic (exact) mass is 450 g/mol. The Kier molecular flexibility index (Phi) is 5.27. The summed E-state index contributed by atoms with van der Waals surface area (Å²) in [5.74, 6) is 1.82. The van der Waals surface area contributed by atoms with E-state index in [1.54, 1.807) is 29.0 Å². The van der Waals surface area contributed by atoms with Crippen LogP contribution >= 0.6 is 0 Å². The number of benzene rings is 1. The highest BCUT2D eigenvalue weighted by molar-refractivity contribution is 5.84. The Hall–Kier alpha value is -2.97. The number of nitrogens with zero attached hydrogens (tertiary/aromatic N) is 3. The van der Waals surface area contributed by atoms with Crippen LogP contribution in [0.1, 0.15) is 23.6 Å². The average Bonchev–Trinajstić information content (AvgIpc) is 3.44. The lowest BCUT2D eigenvalue weighted by Gasteiger charge is -2.21. The molecule has 3 aromatic rings. The zero-order valence-corrected chi connectivity index (χ0v) is 18.4. The van der Waals surface area contributed by atoms with Gasteiger partial charge in [-0.1, -0.05) is 0 Å². The minimum absolute atomic E-state index is 0.0115. The number of ether oxygens (including phenoxy) is 2. The van der Waals surface area contributed by atoms with Gasteiger partial charge in [0.25, 0.3) is 5.56 Å². The molecule has 5 heterocycles. The highest BCUT2D eigenvalue weighted by atomic mass is 19.1. The first-order chi connectivity index (χ1) is 16.2. The molecule has 8 heteroatoms. The van der Waals surface area contributed by atoms with Gasteiger partial charge in [0.2, 0.25) is 0 Å². The molecule has 1 unspecified atom stereocenters. The minimum atomic E-state index is -0.200. The maximum absolute atomic E-state index is 14.8. The lowest BCUT2D eigenvalue weighted by atomic mass is 9.98. The first-order valence-corrected chi connectivity index (χ1v) is 11.7. The molecule has 0 saturated carbocycles. The molecule has 1 fully saturated rings. The third-order valence-electron chi connectivity index (χ3n) is 7.02. The van der Waals surface area contributed by atoms with Gasteiger partial charge in [0, 0.05) is 49.8 Å². The normalized spacial score (nSPS) is 21.7. The van der Waals surface area contributed by atoms with Crippen LogP contribution in [-0.2, 0) is 13.1 Å². The van der Waals surface area contributed by atoms with Gasteiger partial charge in [0.05, 0.1) is 17.4 Å². The van der Waals surface area contributed by atoms with E-state index in [4.69, 9.17) is 9.47 Å². The van der Waals surface area contributed by atoms with E-state index >= 15 is 0 Å². The predicted octanol–water partition coefficient (Wildman–Crippen LogP) is 2.52. The summed E-state index contributed by atoms with van der Waals surface area (Å²) in [5, 5.41) is 4.46. The highest BCUT2D eigenvalue weighted by Crippen LogP contribution is 2.36. The van der Waals surface area contributed by atoms with Crippen molar-refractivity contribution < 1.29 is 13.9 Å². The fourth-order valence-electron chi connectivity index (χ4n) is 5.47. The van der Waals surface area contributed by atoms with Crippen molar-refractivity contribution in [3.8, 4) is 11.5 Å². The first-order valence-electron chi connectivity index (χ1n) is 11.7. The molecule has 6 rings (SSSR count). The van der Waals surface area contributed by atoms with Crippen molar-refractivity contribution >= 4 is 10.9 Å². The Morgan fingerprint density at radius 3 is 2.88 bits per heavy atom. The number of rotatable bonds is 6. The fraction of sp³-hybridized carbons (Fsp3) is 0.440. The van der Waals surface area contributed by atoms with Crippen LogP contribution in [-0.4, -0.2) is 53.8 Å². The summed E-state index contributed by atoms with van der Waals surface area (Å²) < 4.78 is 27.7. The van der Waals surface area contributed by atoms with Crippen LogP contribution in [0.3, 0.4) is 0 Å². The largest absolute Gasteiger partial charge is 0.486 e. The highest BCUT2D eigenvalue weighted by Gasteiger charge is 2.32. The van der Waals surface area contributed by atoms with E-state index in [-0.39, 0.29) is 17.3 Å². The van der Waals surface area contributed by atoms with Crippen molar-refractivity contribution in [1.29, 1.82) is 0 Å². The Morgan fingerprint density at radius 1 is 1.12 bits per heavy atom. The van der Waals surface area contributed by atoms with Crippen LogP contribution in [0.2, 0.25) is 0 Å². The third kappa shape index (κ3) is 3.87. The van der Waals surface area contributed by atoms with Gasteiger partial charge in [-0.15, -0.1) is 0 Å². The summed E-state index contributed by atoms with van der Waals surface area (Å²) in [6.45, 7) is 6.02. The smallest absolute Gasteiger partial charge is 0.251 e. The lowest BCUT2D eigenvalue weighted by molar-refractivity contribution is 0.170. The van der Waals surface area contributed by atoms with Gasteiger partial charge in [0.1, 0.15) is 19.0 Å². The van der Waals surface area contributed by atoms with Crippen molar-refractivity contribution in [1.82, 2.24) is 19.8 Å². The number of likely N-dealkylation sites (tertiary alicyclic amines) is 1. The van der Waals surface area contributed by atoms with Crippen LogP contribution in [0, 0.1) is 11.7 Å². The first kappa shape index (κ1) is 20.6. The van der Waals surface area contributed by atoms with E-state index in [9.17, 15) is 9.18 Å². The number of pyridine rings is 2. The Morgan fingerprint density at radius 2 is 1.97 bits per heavy atom. The quantitative estimate of drug-likeness (QED) is 0.623. The Bertz CT molecular complexity index is 1260. The zero-order valence-electron chi connectivity index (χ0n) is 18.4. The molecule has 33 heavy (non-hydrogen) atoms. The van der Waals surface area contributed by atoms with Gasteiger partial charge < -0.3 is 24.3 Å². The van der Waals surface area contributed by atoms with Crippen LogP contribution in [0.4, 0.5) is 4.39 Å². The second-order valence-corrected chi connectivity index (χ2v) is 9.24. The molecule has 0 aliphatic carbocycles. The number of aromatic nitrogens is 2. The molecule has 0 amide bonds. The summed E-state index contributed by atoms with van der Waals surface area (Å²) in [5.41, 5.74) is 2.37. The lowest BCUT2D eigenvalue weighted by Crippen LogP contribution is -2.30. The second-order valence-electron chi connectivity index (χ2n) is 9.24. The van der Waals surface area contributed by atoms with Gasteiger partial charge in [-0.25, -0.2) is 4.39 Å². The number of nitrogens with one attached hydrogen (secondary N) is 1. The minimum Gasteiger partial charge on any atom is -0.486 e. The van der Waals surface area contributed by atoms with Gasteiger partial charge >= 0.3 is 0 Å². The predicted molar refractivity (Wildman–Crippen MR) is 122 cm³/mol. The second kappa shape index (κ2) is 8.43. The van der Waals surface area contributed by atoms with Crippen LogP contribution < -0.4 is 20.3 Å². The Balaban J connectivity index is 1.05.